The number of aromatic amines is 1. The van der Waals surface area contributed by atoms with Gasteiger partial charge in [-0.2, -0.15) is 5.26 Å². The van der Waals surface area contributed by atoms with Crippen LogP contribution in [0.2, 0.25) is 0 Å². The molecule has 2 aromatic carbocycles. The summed E-state index contributed by atoms with van der Waals surface area (Å²) in [6, 6.07) is 23.1. The third-order valence-electron chi connectivity index (χ3n) is 8.40. The van der Waals surface area contributed by atoms with Gasteiger partial charge in [-0.25, -0.2) is 9.78 Å². The number of H-pyrrole nitrogens is 1. The Balaban J connectivity index is 0.00000134. The summed E-state index contributed by atoms with van der Waals surface area (Å²) in [5.41, 5.74) is 6.25. The maximum absolute atomic E-state index is 12.2. The lowest BCUT2D eigenvalue weighted by atomic mass is 9.97. The summed E-state index contributed by atoms with van der Waals surface area (Å²) in [4.78, 5) is 24.8. The number of morpholine rings is 1. The van der Waals surface area contributed by atoms with E-state index in [9.17, 15) is 10.1 Å². The number of rotatable bonds is 9. The minimum Gasteiger partial charge on any atom is -0.475 e. The average Bonchev–Trinajstić information content (AvgIpc) is 3.43. The van der Waals surface area contributed by atoms with Gasteiger partial charge >= 0.3 is 5.69 Å². The number of nitriles is 1. The molecule has 2 aliphatic heterocycles. The predicted octanol–water partition coefficient (Wildman–Crippen LogP) is 5.83. The van der Waals surface area contributed by atoms with Crippen molar-refractivity contribution >= 4 is 0 Å². The van der Waals surface area contributed by atoms with Crippen molar-refractivity contribution in [2.24, 2.45) is 0 Å². The number of aromatic nitrogens is 3. The molecule has 9 heteroatoms. The van der Waals surface area contributed by atoms with E-state index in [1.807, 2.05) is 61.0 Å². The molecule has 46 heavy (non-hydrogen) atoms. The second kappa shape index (κ2) is 16.2. The SMILES string of the molecule is C=CC.Cc1cn(C2CCN(Cc3ccc(-c4nc(OCCN5CCOCC5)c(C#N)cc4-c4ccccc4)cc3)CC2)c(=O)[nH]1. The summed E-state index contributed by atoms with van der Waals surface area (Å²) in [5.74, 6) is 0.370. The van der Waals surface area contributed by atoms with E-state index in [0.717, 1.165) is 93.4 Å². The van der Waals surface area contributed by atoms with Gasteiger partial charge in [0, 0.05) is 68.3 Å². The van der Waals surface area contributed by atoms with Crippen LogP contribution in [0, 0.1) is 18.3 Å². The number of nitrogens with zero attached hydrogens (tertiary/aromatic N) is 5. The summed E-state index contributed by atoms with van der Waals surface area (Å²) in [5, 5.41) is 9.97. The molecule has 0 atom stereocenters. The van der Waals surface area contributed by atoms with Gasteiger partial charge in [-0.15, -0.1) is 6.58 Å². The minimum atomic E-state index is -0.0107. The van der Waals surface area contributed by atoms with Crippen molar-refractivity contribution in [3.63, 3.8) is 0 Å². The number of benzene rings is 2. The van der Waals surface area contributed by atoms with Gasteiger partial charge in [-0.1, -0.05) is 60.7 Å². The Kier molecular flexibility index (Phi) is 11.6. The molecule has 0 saturated carbocycles. The fraction of sp³-hybridized carbons (Fsp3) is 0.378. The Morgan fingerprint density at radius 2 is 1.74 bits per heavy atom. The molecule has 4 heterocycles. The van der Waals surface area contributed by atoms with Gasteiger partial charge in [0.25, 0.3) is 0 Å². The highest BCUT2D eigenvalue weighted by atomic mass is 16.5. The molecular weight excluding hydrogens is 576 g/mol. The highest BCUT2D eigenvalue weighted by Gasteiger charge is 2.22. The lowest BCUT2D eigenvalue weighted by Gasteiger charge is -2.32. The molecule has 2 aromatic heterocycles. The van der Waals surface area contributed by atoms with E-state index < -0.39 is 0 Å². The highest BCUT2D eigenvalue weighted by Crippen LogP contribution is 2.35. The molecule has 2 saturated heterocycles. The molecule has 0 unspecified atom stereocenters. The summed E-state index contributed by atoms with van der Waals surface area (Å²) in [6.07, 6.45) is 5.60. The predicted molar refractivity (Wildman–Crippen MR) is 182 cm³/mol. The first-order valence-corrected chi connectivity index (χ1v) is 16.1. The van der Waals surface area contributed by atoms with Crippen LogP contribution in [-0.2, 0) is 11.3 Å². The number of likely N-dealkylation sites (tertiary alicyclic amines) is 1. The Morgan fingerprint density at radius 1 is 1.04 bits per heavy atom. The van der Waals surface area contributed by atoms with Crippen molar-refractivity contribution in [2.75, 3.05) is 52.5 Å². The molecule has 4 aromatic rings. The summed E-state index contributed by atoms with van der Waals surface area (Å²) in [6.45, 7) is 14.4. The summed E-state index contributed by atoms with van der Waals surface area (Å²) >= 11 is 0. The number of hydrogen-bond donors (Lipinski definition) is 1. The molecule has 0 bridgehead atoms. The van der Waals surface area contributed by atoms with E-state index >= 15 is 0 Å². The van der Waals surface area contributed by atoms with Crippen molar-refractivity contribution in [1.29, 1.82) is 5.26 Å². The van der Waals surface area contributed by atoms with Gasteiger partial charge in [0.05, 0.1) is 18.9 Å². The lowest BCUT2D eigenvalue weighted by molar-refractivity contribution is 0.0320. The Labute approximate surface area is 271 Å². The standard InChI is InChI=1S/C34H38N6O3.C3H6/c1-25-23-40(34(41)36-25)30-11-13-39(14-12-30)24-26-7-9-28(10-8-26)32-31(27-5-3-2-4-6-27)21-29(22-35)33(37-32)43-20-17-38-15-18-42-19-16-38;1-3-2/h2-10,21,23,30H,11-20,24H2,1H3,(H,36,41);3H,1H2,2H3. The zero-order valence-corrected chi connectivity index (χ0v) is 27.0. The first-order valence-electron chi connectivity index (χ1n) is 16.1. The van der Waals surface area contributed by atoms with Crippen LogP contribution in [0.4, 0.5) is 0 Å². The van der Waals surface area contributed by atoms with Crippen LogP contribution in [0.1, 0.15) is 42.6 Å². The van der Waals surface area contributed by atoms with Crippen molar-refractivity contribution < 1.29 is 9.47 Å². The maximum Gasteiger partial charge on any atom is 0.325 e. The van der Waals surface area contributed by atoms with Crippen LogP contribution < -0.4 is 10.4 Å². The normalized spacial score (nSPS) is 15.8. The number of ether oxygens (including phenoxy) is 2. The van der Waals surface area contributed by atoms with E-state index in [4.69, 9.17) is 14.5 Å². The number of nitrogens with one attached hydrogen (secondary N) is 1. The third kappa shape index (κ3) is 8.40. The third-order valence-corrected chi connectivity index (χ3v) is 8.40. The first-order chi connectivity index (χ1) is 22.5. The Bertz CT molecular complexity index is 1660. The molecule has 0 aliphatic carbocycles. The van der Waals surface area contributed by atoms with Crippen molar-refractivity contribution in [3.05, 3.63) is 107 Å². The summed E-state index contributed by atoms with van der Waals surface area (Å²) in [7, 11) is 0. The second-order valence-electron chi connectivity index (χ2n) is 11.8. The van der Waals surface area contributed by atoms with E-state index in [1.54, 1.807) is 6.08 Å². The highest BCUT2D eigenvalue weighted by molar-refractivity contribution is 5.82. The molecular formula is C37H44N6O3. The smallest absolute Gasteiger partial charge is 0.325 e. The molecule has 6 rings (SSSR count). The fourth-order valence-corrected chi connectivity index (χ4v) is 6.03. The molecule has 240 valence electrons. The number of imidazole rings is 1. The molecule has 0 spiro atoms. The van der Waals surface area contributed by atoms with E-state index in [0.29, 0.717) is 18.1 Å². The Hall–Kier alpha value is -4.49. The molecule has 0 radical (unpaired) electrons. The number of allylic oxidation sites excluding steroid dienone is 1. The van der Waals surface area contributed by atoms with E-state index in [-0.39, 0.29) is 11.7 Å². The number of pyridine rings is 1. The zero-order chi connectivity index (χ0) is 32.3. The van der Waals surface area contributed by atoms with Crippen molar-refractivity contribution in [2.45, 2.75) is 39.3 Å². The minimum absolute atomic E-state index is 0.0107. The molecule has 9 nitrogen and oxygen atoms in total. The zero-order valence-electron chi connectivity index (χ0n) is 27.0. The van der Waals surface area contributed by atoms with Crippen molar-refractivity contribution in [1.82, 2.24) is 24.3 Å². The maximum atomic E-state index is 12.2. The monoisotopic (exact) mass is 620 g/mol. The topological polar surface area (TPSA) is 99.4 Å². The second-order valence-corrected chi connectivity index (χ2v) is 11.8. The van der Waals surface area contributed by atoms with Gasteiger partial charge in [0.2, 0.25) is 5.88 Å². The number of aryl methyl sites for hydroxylation is 1. The van der Waals surface area contributed by atoms with Gasteiger partial charge in [-0.05, 0) is 43.9 Å². The van der Waals surface area contributed by atoms with Gasteiger partial charge < -0.3 is 14.5 Å². The van der Waals surface area contributed by atoms with Crippen LogP contribution in [0.3, 0.4) is 0 Å². The Morgan fingerprint density at radius 3 is 2.37 bits per heavy atom. The first kappa shape index (κ1) is 32.9. The quantitative estimate of drug-likeness (QED) is 0.235. The summed E-state index contributed by atoms with van der Waals surface area (Å²) < 4.78 is 13.4. The van der Waals surface area contributed by atoms with Crippen LogP contribution in [-0.4, -0.2) is 76.9 Å². The molecule has 0 amide bonds. The van der Waals surface area contributed by atoms with Gasteiger partial charge in [-0.3, -0.25) is 14.4 Å². The van der Waals surface area contributed by atoms with Crippen LogP contribution in [0.5, 0.6) is 5.88 Å². The van der Waals surface area contributed by atoms with Crippen LogP contribution in [0.25, 0.3) is 22.4 Å². The number of piperidine rings is 1. The van der Waals surface area contributed by atoms with Gasteiger partial charge in [0.1, 0.15) is 18.2 Å². The molecule has 1 N–H and O–H groups in total. The van der Waals surface area contributed by atoms with E-state index in [2.05, 4.69) is 51.7 Å². The molecule has 2 aliphatic rings. The lowest BCUT2D eigenvalue weighted by Crippen LogP contribution is -2.38. The number of hydrogen-bond acceptors (Lipinski definition) is 7. The molecule has 2 fully saturated rings. The van der Waals surface area contributed by atoms with Crippen LogP contribution in [0.15, 0.2) is 84.3 Å². The van der Waals surface area contributed by atoms with Crippen LogP contribution >= 0.6 is 0 Å². The average molecular weight is 621 g/mol. The van der Waals surface area contributed by atoms with Gasteiger partial charge in [0.15, 0.2) is 0 Å². The van der Waals surface area contributed by atoms with Crippen molar-refractivity contribution in [3.8, 4) is 34.3 Å². The fourth-order valence-electron chi connectivity index (χ4n) is 6.03. The largest absolute Gasteiger partial charge is 0.475 e. The van der Waals surface area contributed by atoms with E-state index in [1.165, 1.54) is 5.56 Å².